The molecular formula is C15H9Cl2NOS. The third kappa shape index (κ3) is 2.52. The van der Waals surface area contributed by atoms with Crippen molar-refractivity contribution in [3.63, 3.8) is 0 Å². The van der Waals surface area contributed by atoms with E-state index in [2.05, 4.69) is 5.32 Å². The molecule has 0 saturated heterocycles. The van der Waals surface area contributed by atoms with E-state index < -0.39 is 0 Å². The molecule has 1 aromatic heterocycles. The highest BCUT2D eigenvalue weighted by molar-refractivity contribution is 7.17. The minimum atomic E-state index is -0.174. The van der Waals surface area contributed by atoms with Gasteiger partial charge in [0.1, 0.15) is 0 Å². The number of anilines is 1. The van der Waals surface area contributed by atoms with Crippen molar-refractivity contribution < 1.29 is 4.79 Å². The molecule has 0 fully saturated rings. The predicted octanol–water partition coefficient (Wildman–Crippen LogP) is 5.46. The van der Waals surface area contributed by atoms with E-state index >= 15 is 0 Å². The number of hydrogen-bond donors (Lipinski definition) is 1. The smallest absolute Gasteiger partial charge is 0.257 e. The van der Waals surface area contributed by atoms with Gasteiger partial charge in [0.2, 0.25) is 0 Å². The second-order valence-corrected chi connectivity index (χ2v) is 5.98. The molecule has 0 unspecified atom stereocenters. The van der Waals surface area contributed by atoms with Crippen LogP contribution in [0.5, 0.6) is 0 Å². The zero-order valence-electron chi connectivity index (χ0n) is 10.2. The predicted molar refractivity (Wildman–Crippen MR) is 86.2 cm³/mol. The van der Waals surface area contributed by atoms with E-state index in [1.807, 2.05) is 29.6 Å². The molecule has 20 heavy (non-hydrogen) atoms. The van der Waals surface area contributed by atoms with Gasteiger partial charge in [-0.05, 0) is 24.3 Å². The van der Waals surface area contributed by atoms with Crippen LogP contribution >= 0.6 is 34.5 Å². The van der Waals surface area contributed by atoms with Gasteiger partial charge in [-0.25, -0.2) is 0 Å². The van der Waals surface area contributed by atoms with Crippen molar-refractivity contribution in [1.29, 1.82) is 0 Å². The molecule has 0 spiro atoms. The minimum Gasteiger partial charge on any atom is -0.321 e. The van der Waals surface area contributed by atoms with Crippen LogP contribution in [0.4, 0.5) is 5.69 Å². The van der Waals surface area contributed by atoms with Crippen molar-refractivity contribution in [3.05, 3.63) is 63.5 Å². The molecule has 3 aromatic rings. The van der Waals surface area contributed by atoms with E-state index in [9.17, 15) is 4.79 Å². The number of carbonyl (C=O) groups is 1. The van der Waals surface area contributed by atoms with E-state index in [0.717, 1.165) is 10.1 Å². The standard InChI is InChI=1S/C15H9Cl2NOS/c16-9-5-6-13(12(17)7-9)18-15(19)11-8-20-14-4-2-1-3-10(11)14/h1-8H,(H,18,19). The van der Waals surface area contributed by atoms with E-state index in [4.69, 9.17) is 23.2 Å². The summed E-state index contributed by atoms with van der Waals surface area (Å²) in [4.78, 5) is 12.3. The highest BCUT2D eigenvalue weighted by atomic mass is 35.5. The normalized spacial score (nSPS) is 10.7. The fourth-order valence-corrected chi connectivity index (χ4v) is 3.33. The maximum absolute atomic E-state index is 12.3. The van der Waals surface area contributed by atoms with Gasteiger partial charge in [-0.3, -0.25) is 4.79 Å². The van der Waals surface area contributed by atoms with Gasteiger partial charge in [-0.15, -0.1) is 11.3 Å². The van der Waals surface area contributed by atoms with Crippen LogP contribution in [-0.2, 0) is 0 Å². The summed E-state index contributed by atoms with van der Waals surface area (Å²) >= 11 is 13.4. The second-order valence-electron chi connectivity index (χ2n) is 4.22. The van der Waals surface area contributed by atoms with Gasteiger partial charge in [0.25, 0.3) is 5.91 Å². The Hall–Kier alpha value is -1.55. The second kappa shape index (κ2) is 5.44. The first-order valence-electron chi connectivity index (χ1n) is 5.88. The summed E-state index contributed by atoms with van der Waals surface area (Å²) in [6.45, 7) is 0. The van der Waals surface area contributed by atoms with Gasteiger partial charge >= 0.3 is 0 Å². The van der Waals surface area contributed by atoms with Crippen LogP contribution in [0.1, 0.15) is 10.4 Å². The summed E-state index contributed by atoms with van der Waals surface area (Å²) in [7, 11) is 0. The van der Waals surface area contributed by atoms with Crippen molar-refractivity contribution in [2.24, 2.45) is 0 Å². The lowest BCUT2D eigenvalue weighted by molar-refractivity contribution is 0.102. The molecular weight excluding hydrogens is 313 g/mol. The lowest BCUT2D eigenvalue weighted by atomic mass is 10.1. The fraction of sp³-hybridized carbons (Fsp3) is 0. The van der Waals surface area contributed by atoms with E-state index in [0.29, 0.717) is 21.3 Å². The van der Waals surface area contributed by atoms with Crippen LogP contribution in [-0.4, -0.2) is 5.91 Å². The zero-order chi connectivity index (χ0) is 14.1. The van der Waals surface area contributed by atoms with Crippen LogP contribution in [0.2, 0.25) is 10.0 Å². The topological polar surface area (TPSA) is 29.1 Å². The number of carbonyl (C=O) groups excluding carboxylic acids is 1. The van der Waals surface area contributed by atoms with E-state index in [1.54, 1.807) is 29.5 Å². The van der Waals surface area contributed by atoms with Crippen LogP contribution in [0.25, 0.3) is 10.1 Å². The summed E-state index contributed by atoms with van der Waals surface area (Å²) in [6.07, 6.45) is 0. The number of rotatable bonds is 2. The fourth-order valence-electron chi connectivity index (χ4n) is 1.93. The number of halogens is 2. The maximum Gasteiger partial charge on any atom is 0.257 e. The molecule has 3 rings (SSSR count). The molecule has 2 aromatic carbocycles. The molecule has 2 nitrogen and oxygen atoms in total. The highest BCUT2D eigenvalue weighted by Crippen LogP contribution is 2.29. The van der Waals surface area contributed by atoms with Crippen molar-refractivity contribution in [1.82, 2.24) is 0 Å². The van der Waals surface area contributed by atoms with Gasteiger partial charge in [-0.2, -0.15) is 0 Å². The number of benzene rings is 2. The number of amides is 1. The Labute approximate surface area is 129 Å². The SMILES string of the molecule is O=C(Nc1ccc(Cl)cc1Cl)c1csc2ccccc12. The van der Waals surface area contributed by atoms with E-state index in [-0.39, 0.29) is 5.91 Å². The van der Waals surface area contributed by atoms with Gasteiger partial charge in [-0.1, -0.05) is 41.4 Å². The number of hydrogen-bond acceptors (Lipinski definition) is 2. The quantitative estimate of drug-likeness (QED) is 0.667. The summed E-state index contributed by atoms with van der Waals surface area (Å²) < 4.78 is 1.08. The Morgan fingerprint density at radius 2 is 1.90 bits per heavy atom. The van der Waals surface area contributed by atoms with Gasteiger partial charge in [0, 0.05) is 20.5 Å². The summed E-state index contributed by atoms with van der Waals surface area (Å²) in [5.74, 6) is -0.174. The third-order valence-corrected chi connectivity index (χ3v) is 4.42. The monoisotopic (exact) mass is 321 g/mol. The first-order chi connectivity index (χ1) is 9.65. The third-order valence-electron chi connectivity index (χ3n) is 2.90. The molecule has 0 aliphatic carbocycles. The lowest BCUT2D eigenvalue weighted by Gasteiger charge is -2.07. The molecule has 100 valence electrons. The van der Waals surface area contributed by atoms with Gasteiger partial charge in [0.15, 0.2) is 0 Å². The number of nitrogens with one attached hydrogen (secondary N) is 1. The Balaban J connectivity index is 1.93. The molecule has 0 aliphatic heterocycles. The van der Waals surface area contributed by atoms with Crippen molar-refractivity contribution in [2.45, 2.75) is 0 Å². The largest absolute Gasteiger partial charge is 0.321 e. The number of fused-ring (bicyclic) bond motifs is 1. The maximum atomic E-state index is 12.3. The zero-order valence-corrected chi connectivity index (χ0v) is 12.5. The molecule has 0 bridgehead atoms. The summed E-state index contributed by atoms with van der Waals surface area (Å²) in [5, 5.41) is 6.56. The first kappa shape index (κ1) is 13.4. The Morgan fingerprint density at radius 1 is 1.10 bits per heavy atom. The Kier molecular flexibility index (Phi) is 3.66. The van der Waals surface area contributed by atoms with Crippen LogP contribution in [0, 0.1) is 0 Å². The number of thiophene rings is 1. The highest BCUT2D eigenvalue weighted by Gasteiger charge is 2.13. The summed E-state index contributed by atoms with van der Waals surface area (Å²) in [6, 6.07) is 12.8. The summed E-state index contributed by atoms with van der Waals surface area (Å²) in [5.41, 5.74) is 1.20. The Bertz CT molecular complexity index is 797. The van der Waals surface area contributed by atoms with Gasteiger partial charge < -0.3 is 5.32 Å². The first-order valence-corrected chi connectivity index (χ1v) is 7.51. The average molecular weight is 322 g/mol. The van der Waals surface area contributed by atoms with Crippen molar-refractivity contribution >= 4 is 56.2 Å². The van der Waals surface area contributed by atoms with Crippen LogP contribution < -0.4 is 5.32 Å². The Morgan fingerprint density at radius 3 is 2.70 bits per heavy atom. The molecule has 0 atom stereocenters. The van der Waals surface area contributed by atoms with Crippen molar-refractivity contribution in [2.75, 3.05) is 5.32 Å². The van der Waals surface area contributed by atoms with Crippen LogP contribution in [0.3, 0.4) is 0 Å². The van der Waals surface area contributed by atoms with E-state index in [1.165, 1.54) is 0 Å². The van der Waals surface area contributed by atoms with Gasteiger partial charge in [0.05, 0.1) is 16.3 Å². The molecule has 1 amide bonds. The average Bonchev–Trinajstić information content (AvgIpc) is 2.86. The molecule has 0 aliphatic rings. The molecule has 1 N–H and O–H groups in total. The lowest BCUT2D eigenvalue weighted by Crippen LogP contribution is -2.11. The van der Waals surface area contributed by atoms with Crippen LogP contribution in [0.15, 0.2) is 47.8 Å². The molecule has 5 heteroatoms. The molecule has 1 heterocycles. The minimum absolute atomic E-state index is 0.174. The van der Waals surface area contributed by atoms with Crippen molar-refractivity contribution in [3.8, 4) is 0 Å². The molecule has 0 radical (unpaired) electrons. The molecule has 0 saturated carbocycles.